The van der Waals surface area contributed by atoms with Gasteiger partial charge in [0.15, 0.2) is 6.10 Å². The zero-order valence-corrected chi connectivity index (χ0v) is 40.4. The molecule has 2 atom stereocenters. The number of phosphoric acid groups is 1. The lowest BCUT2D eigenvalue weighted by atomic mass is 10.1. The van der Waals surface area contributed by atoms with Crippen LogP contribution in [0.5, 0.6) is 0 Å². The van der Waals surface area contributed by atoms with Crippen molar-refractivity contribution in [2.24, 2.45) is 0 Å². The second-order valence-corrected chi connectivity index (χ2v) is 17.8. The number of unbranched alkanes of at least 4 members (excludes halogenated alkanes) is 9. The Kier molecular flexibility index (Phi) is 40.6. The quantitative estimate of drug-likeness (QED) is 0.0196. The fourth-order valence-corrected chi connectivity index (χ4v) is 6.34. The lowest BCUT2D eigenvalue weighted by molar-refractivity contribution is -0.870. The van der Waals surface area contributed by atoms with Crippen LogP contribution in [-0.4, -0.2) is 70.0 Å². The monoisotopic (exact) mass is 884 g/mol. The summed E-state index contributed by atoms with van der Waals surface area (Å²) in [6.45, 7) is 3.96. The molecule has 0 aromatic carbocycles. The van der Waals surface area contributed by atoms with Crippen molar-refractivity contribution in [3.63, 3.8) is 0 Å². The van der Waals surface area contributed by atoms with Crippen molar-refractivity contribution < 1.29 is 42.1 Å². The largest absolute Gasteiger partial charge is 0.756 e. The first kappa shape index (κ1) is 58.7. The predicted molar refractivity (Wildman–Crippen MR) is 258 cm³/mol. The molecule has 0 aromatic heterocycles. The fraction of sp³-hybridized carbons (Fsp3) is 0.615. The molecule has 352 valence electrons. The molecule has 62 heavy (non-hydrogen) atoms. The smallest absolute Gasteiger partial charge is 0.306 e. The molecule has 10 heteroatoms. The lowest BCUT2D eigenvalue weighted by Gasteiger charge is -2.28. The van der Waals surface area contributed by atoms with E-state index in [9.17, 15) is 19.0 Å². The number of rotatable bonds is 41. The van der Waals surface area contributed by atoms with Crippen molar-refractivity contribution >= 4 is 19.8 Å². The number of hydrogen-bond donors (Lipinski definition) is 0. The molecular weight excluding hydrogens is 798 g/mol. The summed E-state index contributed by atoms with van der Waals surface area (Å²) in [5.41, 5.74) is 0. The summed E-state index contributed by atoms with van der Waals surface area (Å²) < 4.78 is 33.9. The number of likely N-dealkylation sites (N-methyl/N-ethyl adjacent to an activating group) is 1. The van der Waals surface area contributed by atoms with Gasteiger partial charge < -0.3 is 27.9 Å². The van der Waals surface area contributed by atoms with Crippen LogP contribution in [-0.2, 0) is 32.7 Å². The van der Waals surface area contributed by atoms with Crippen LogP contribution in [0.2, 0.25) is 0 Å². The molecule has 0 aliphatic rings. The van der Waals surface area contributed by atoms with E-state index in [2.05, 4.69) is 123 Å². The number of allylic oxidation sites excluding steroid dienone is 18. The highest BCUT2D eigenvalue weighted by molar-refractivity contribution is 7.45. The van der Waals surface area contributed by atoms with Gasteiger partial charge in [0.2, 0.25) is 0 Å². The van der Waals surface area contributed by atoms with Gasteiger partial charge in [0.05, 0.1) is 27.7 Å². The Morgan fingerprint density at radius 2 is 0.919 bits per heavy atom. The fourth-order valence-electron chi connectivity index (χ4n) is 5.61. The van der Waals surface area contributed by atoms with Gasteiger partial charge >= 0.3 is 11.9 Å². The van der Waals surface area contributed by atoms with Crippen LogP contribution in [0.3, 0.4) is 0 Å². The van der Waals surface area contributed by atoms with Gasteiger partial charge in [-0.25, -0.2) is 0 Å². The summed E-state index contributed by atoms with van der Waals surface area (Å²) in [6, 6.07) is 0. The van der Waals surface area contributed by atoms with Crippen molar-refractivity contribution in [2.75, 3.05) is 47.5 Å². The van der Waals surface area contributed by atoms with E-state index < -0.39 is 32.5 Å². The van der Waals surface area contributed by atoms with Crippen LogP contribution < -0.4 is 4.89 Å². The Hall–Kier alpha value is -3.33. The third kappa shape index (κ3) is 46.2. The van der Waals surface area contributed by atoms with Gasteiger partial charge in [-0.15, -0.1) is 0 Å². The van der Waals surface area contributed by atoms with E-state index in [1.54, 1.807) is 0 Å². The second-order valence-electron chi connectivity index (χ2n) is 16.4. The number of hydrogen-bond acceptors (Lipinski definition) is 8. The number of esters is 2. The standard InChI is InChI=1S/C52H86NO8P/c1-6-8-10-12-14-16-18-20-21-22-23-24-25-26-27-28-29-30-31-33-35-37-39-41-43-45-52(55)61-50(49-60-62(56,57)59-47-46-53(3,4)5)48-58-51(54)44-42-40-38-36-34-32-19-17-15-13-11-9-7-2/h8,10-11,13-14,16-17,19-21,23-24,26-27,29-30,33,35,50H,6-7,9,12,15,18,22,25,28,31-32,34,36-49H2,1-5H3/b10-8-,13-11-,16-14-,19-17-,21-20-,24-23-,27-26-,30-29-,35-33-. The SMILES string of the molecule is CC/C=C\C/C=C\C/C=C\C/C=C\C/C=C\C/C=C\C/C=C\CCCCCC(=O)OC(COC(=O)CCCCCCC/C=C\C/C=C\CCC)COP(=O)([O-])OCC[N+](C)(C)C. The first-order valence-corrected chi connectivity index (χ1v) is 25.1. The van der Waals surface area contributed by atoms with Gasteiger partial charge in [0.25, 0.3) is 7.82 Å². The topological polar surface area (TPSA) is 111 Å². The first-order chi connectivity index (χ1) is 30.0. The Labute approximate surface area is 378 Å². The molecule has 0 rings (SSSR count). The van der Waals surface area contributed by atoms with Crippen molar-refractivity contribution in [1.29, 1.82) is 0 Å². The molecule has 0 spiro atoms. The molecule has 0 radical (unpaired) electrons. The van der Waals surface area contributed by atoms with Gasteiger partial charge in [0.1, 0.15) is 19.8 Å². The second kappa shape index (κ2) is 42.9. The molecule has 0 fully saturated rings. The molecule has 0 saturated heterocycles. The van der Waals surface area contributed by atoms with E-state index in [1.165, 1.54) is 6.42 Å². The summed E-state index contributed by atoms with van der Waals surface area (Å²) in [6.07, 6.45) is 58.3. The van der Waals surface area contributed by atoms with Crippen LogP contribution in [0.1, 0.15) is 155 Å². The Morgan fingerprint density at radius 3 is 1.39 bits per heavy atom. The van der Waals surface area contributed by atoms with Gasteiger partial charge in [-0.3, -0.25) is 14.2 Å². The maximum absolute atomic E-state index is 12.7. The number of phosphoric ester groups is 1. The zero-order chi connectivity index (χ0) is 45.7. The summed E-state index contributed by atoms with van der Waals surface area (Å²) in [5.74, 6) is -0.902. The number of nitrogens with zero attached hydrogens (tertiary/aromatic N) is 1. The summed E-state index contributed by atoms with van der Waals surface area (Å²) in [7, 11) is 1.11. The lowest BCUT2D eigenvalue weighted by Crippen LogP contribution is -2.37. The highest BCUT2D eigenvalue weighted by Crippen LogP contribution is 2.38. The molecule has 0 amide bonds. The van der Waals surface area contributed by atoms with Gasteiger partial charge in [-0.2, -0.15) is 0 Å². The molecule has 0 aliphatic carbocycles. The average Bonchev–Trinajstić information content (AvgIpc) is 3.23. The van der Waals surface area contributed by atoms with Crippen molar-refractivity contribution in [2.45, 2.75) is 161 Å². The number of quaternary nitrogens is 1. The number of ether oxygens (including phenoxy) is 2. The van der Waals surface area contributed by atoms with Crippen LogP contribution in [0.25, 0.3) is 0 Å². The predicted octanol–water partition coefficient (Wildman–Crippen LogP) is 13.3. The van der Waals surface area contributed by atoms with E-state index >= 15 is 0 Å². The molecular formula is C52H86NO8P. The average molecular weight is 884 g/mol. The first-order valence-electron chi connectivity index (χ1n) is 23.6. The Morgan fingerprint density at radius 1 is 0.516 bits per heavy atom. The third-order valence-corrected chi connectivity index (χ3v) is 10.2. The van der Waals surface area contributed by atoms with Gasteiger partial charge in [0, 0.05) is 12.8 Å². The molecule has 0 bridgehead atoms. The van der Waals surface area contributed by atoms with E-state index in [0.717, 1.165) is 109 Å². The molecule has 2 unspecified atom stereocenters. The Balaban J connectivity index is 4.41. The summed E-state index contributed by atoms with van der Waals surface area (Å²) >= 11 is 0. The number of carbonyl (C=O) groups excluding carboxylic acids is 2. The molecule has 0 heterocycles. The highest BCUT2D eigenvalue weighted by Gasteiger charge is 2.21. The van der Waals surface area contributed by atoms with Crippen LogP contribution in [0.15, 0.2) is 109 Å². The third-order valence-electron chi connectivity index (χ3n) is 9.26. The van der Waals surface area contributed by atoms with Gasteiger partial charge in [-0.05, 0) is 96.3 Å². The summed E-state index contributed by atoms with van der Waals surface area (Å²) in [4.78, 5) is 37.6. The minimum Gasteiger partial charge on any atom is -0.756 e. The minimum atomic E-state index is -4.65. The molecule has 0 aromatic rings. The minimum absolute atomic E-state index is 0.0468. The van der Waals surface area contributed by atoms with Crippen molar-refractivity contribution in [3.05, 3.63) is 109 Å². The van der Waals surface area contributed by atoms with Crippen LogP contribution in [0.4, 0.5) is 0 Å². The maximum Gasteiger partial charge on any atom is 0.306 e. The van der Waals surface area contributed by atoms with Crippen molar-refractivity contribution in [1.82, 2.24) is 0 Å². The van der Waals surface area contributed by atoms with E-state index in [4.69, 9.17) is 18.5 Å². The van der Waals surface area contributed by atoms with Gasteiger partial charge in [-0.1, -0.05) is 155 Å². The highest BCUT2D eigenvalue weighted by atomic mass is 31.2. The van der Waals surface area contributed by atoms with Crippen molar-refractivity contribution in [3.8, 4) is 0 Å². The van der Waals surface area contributed by atoms with Crippen LogP contribution >= 0.6 is 7.82 Å². The normalized spacial score (nSPS) is 14.5. The van der Waals surface area contributed by atoms with E-state index in [0.29, 0.717) is 23.9 Å². The van der Waals surface area contributed by atoms with E-state index in [-0.39, 0.29) is 26.1 Å². The number of carbonyl (C=O) groups is 2. The van der Waals surface area contributed by atoms with E-state index in [1.807, 2.05) is 21.1 Å². The maximum atomic E-state index is 12.7. The molecule has 0 aliphatic heterocycles. The summed E-state index contributed by atoms with van der Waals surface area (Å²) in [5, 5.41) is 0. The zero-order valence-electron chi connectivity index (χ0n) is 39.5. The molecule has 0 saturated carbocycles. The molecule has 0 N–H and O–H groups in total. The van der Waals surface area contributed by atoms with Crippen LogP contribution in [0, 0.1) is 0 Å². The Bertz CT molecular complexity index is 1420. The molecule has 9 nitrogen and oxygen atoms in total.